The average Bonchev–Trinajstić information content (AvgIpc) is 3.55. The van der Waals surface area contributed by atoms with Crippen molar-refractivity contribution in [2.45, 2.75) is 78.3 Å². The number of unbranched alkanes of at least 4 members (excludes halogenated alkanes) is 1. The molecule has 1 unspecified atom stereocenters. The van der Waals surface area contributed by atoms with E-state index in [1.807, 2.05) is 12.1 Å². The molecule has 6 rings (SSSR count). The molecule has 0 radical (unpaired) electrons. The summed E-state index contributed by atoms with van der Waals surface area (Å²) >= 11 is 10.6. The number of hydrogen-bond acceptors (Lipinski definition) is 0. The molecular weight excluding hydrogens is 750 g/mol. The van der Waals surface area contributed by atoms with Gasteiger partial charge in [0, 0.05) is 0 Å². The van der Waals surface area contributed by atoms with Gasteiger partial charge in [0.25, 0.3) is 0 Å². The molecule has 0 amide bonds. The van der Waals surface area contributed by atoms with Crippen molar-refractivity contribution in [2.24, 2.45) is 11.3 Å². The first-order chi connectivity index (χ1) is 21.9. The number of rotatable bonds is 7. The van der Waals surface area contributed by atoms with Crippen LogP contribution in [0.25, 0.3) is 11.1 Å². The van der Waals surface area contributed by atoms with Gasteiger partial charge in [-0.1, -0.05) is 0 Å². The molecule has 0 heterocycles. The number of halogens is 4. The van der Waals surface area contributed by atoms with Crippen molar-refractivity contribution in [3.05, 3.63) is 148 Å². The van der Waals surface area contributed by atoms with E-state index in [0.717, 1.165) is 10.0 Å². The fourth-order valence-corrected chi connectivity index (χ4v) is 17.3. The van der Waals surface area contributed by atoms with Crippen molar-refractivity contribution < 1.29 is 46.1 Å². The first-order valence-electron chi connectivity index (χ1n) is 16.8. The third-order valence-electron chi connectivity index (χ3n) is 10.2. The summed E-state index contributed by atoms with van der Waals surface area (Å²) in [6.07, 6.45) is 8.91. The summed E-state index contributed by atoms with van der Waals surface area (Å²) in [5, 5.41) is 1.56. The summed E-state index contributed by atoms with van der Waals surface area (Å²) < 4.78 is 3.53. The van der Waals surface area contributed by atoms with Crippen LogP contribution in [-0.4, -0.2) is 3.21 Å². The van der Waals surface area contributed by atoms with Gasteiger partial charge < -0.3 is 24.8 Å². The van der Waals surface area contributed by atoms with E-state index in [0.29, 0.717) is 9.54 Å². The van der Waals surface area contributed by atoms with Crippen LogP contribution in [0.2, 0.25) is 10.0 Å². The van der Waals surface area contributed by atoms with Crippen molar-refractivity contribution in [3.63, 3.8) is 0 Å². The molecule has 5 heteroatoms. The third kappa shape index (κ3) is 7.62. The molecule has 48 heavy (non-hydrogen) atoms. The molecule has 4 aromatic carbocycles. The molecule has 0 aliphatic heterocycles. The van der Waals surface area contributed by atoms with E-state index in [1.54, 1.807) is 3.28 Å². The second-order valence-corrected chi connectivity index (χ2v) is 21.5. The van der Waals surface area contributed by atoms with E-state index in [4.69, 9.17) is 23.2 Å². The smallest absolute Gasteiger partial charge is 1.00 e. The molecular formula is C43H46Cl4Zr. The Morgan fingerprint density at radius 1 is 0.708 bits per heavy atom. The van der Waals surface area contributed by atoms with Crippen LogP contribution >= 0.6 is 23.2 Å². The number of fused-ring (bicyclic) bond motifs is 3. The normalized spacial score (nSPS) is 15.0. The summed E-state index contributed by atoms with van der Waals surface area (Å²) in [6.45, 7) is 18.5. The topological polar surface area (TPSA) is 0 Å². The minimum atomic E-state index is -3.00. The van der Waals surface area contributed by atoms with E-state index in [1.165, 1.54) is 83.7 Å². The fourth-order valence-electron chi connectivity index (χ4n) is 7.36. The van der Waals surface area contributed by atoms with Gasteiger partial charge in [-0.2, -0.15) is 0 Å². The molecule has 0 saturated carbocycles. The van der Waals surface area contributed by atoms with Gasteiger partial charge in [0.15, 0.2) is 0 Å². The van der Waals surface area contributed by atoms with Gasteiger partial charge >= 0.3 is 297 Å². The molecule has 1 atom stereocenters. The van der Waals surface area contributed by atoms with Gasteiger partial charge in [0.2, 0.25) is 0 Å². The van der Waals surface area contributed by atoms with Crippen LogP contribution in [0.15, 0.2) is 93.8 Å². The number of benzene rings is 4. The molecule has 4 aromatic rings. The van der Waals surface area contributed by atoms with Crippen LogP contribution in [0.3, 0.4) is 0 Å². The van der Waals surface area contributed by atoms with Crippen LogP contribution in [0.5, 0.6) is 0 Å². The van der Waals surface area contributed by atoms with Crippen LogP contribution in [0.4, 0.5) is 0 Å². The zero-order chi connectivity index (χ0) is 32.9. The Morgan fingerprint density at radius 3 is 1.62 bits per heavy atom. The Balaban J connectivity index is 0.00000260. The van der Waals surface area contributed by atoms with Crippen molar-refractivity contribution in [3.8, 4) is 11.1 Å². The number of allylic oxidation sites excluding steroid dienone is 4. The quantitative estimate of drug-likeness (QED) is 0.192. The second kappa shape index (κ2) is 15.7. The van der Waals surface area contributed by atoms with Gasteiger partial charge in [0.05, 0.1) is 0 Å². The first kappa shape index (κ1) is 39.1. The summed E-state index contributed by atoms with van der Waals surface area (Å²) in [7, 11) is 0. The molecule has 0 nitrogen and oxygen atoms in total. The van der Waals surface area contributed by atoms with Gasteiger partial charge in [-0.05, 0) is 0 Å². The van der Waals surface area contributed by atoms with Gasteiger partial charge in [0.1, 0.15) is 0 Å². The Hall–Kier alpha value is -1.73. The maximum atomic E-state index is 6.81. The van der Waals surface area contributed by atoms with E-state index in [-0.39, 0.29) is 30.2 Å². The molecule has 0 saturated heterocycles. The molecule has 0 fully saturated rings. The van der Waals surface area contributed by atoms with Crippen LogP contribution in [-0.2, 0) is 21.3 Å². The van der Waals surface area contributed by atoms with E-state index in [2.05, 4.69) is 128 Å². The Bertz CT molecular complexity index is 1830. The molecule has 0 bridgehead atoms. The average molecular weight is 796 g/mol. The van der Waals surface area contributed by atoms with E-state index < -0.39 is 21.3 Å². The monoisotopic (exact) mass is 792 g/mol. The minimum Gasteiger partial charge on any atom is -1.00 e. The molecule has 2 aliphatic rings. The fraction of sp³-hybridized carbons (Fsp3) is 0.326. The summed E-state index contributed by atoms with van der Waals surface area (Å²) in [5.41, 5.74) is 15.4. The Kier molecular flexibility index (Phi) is 12.7. The Morgan fingerprint density at radius 2 is 1.19 bits per heavy atom. The van der Waals surface area contributed by atoms with Gasteiger partial charge in [-0.3, -0.25) is 0 Å². The van der Waals surface area contributed by atoms with Crippen molar-refractivity contribution >= 4 is 26.4 Å². The maximum absolute atomic E-state index is 6.81. The van der Waals surface area contributed by atoms with Crippen LogP contribution in [0, 0.1) is 39.0 Å². The maximum Gasteiger partial charge on any atom is -1.00 e. The number of hydrogen-bond donors (Lipinski definition) is 0. The molecule has 250 valence electrons. The first-order valence-corrected chi connectivity index (χ1v) is 21.4. The van der Waals surface area contributed by atoms with E-state index >= 15 is 0 Å². The molecule has 0 N–H and O–H groups in total. The van der Waals surface area contributed by atoms with Crippen molar-refractivity contribution in [2.75, 3.05) is 0 Å². The van der Waals surface area contributed by atoms with Crippen LogP contribution in [0.1, 0.15) is 95.1 Å². The Labute approximate surface area is 319 Å². The van der Waals surface area contributed by atoms with Crippen molar-refractivity contribution in [1.82, 2.24) is 0 Å². The van der Waals surface area contributed by atoms with Gasteiger partial charge in [-0.15, -0.1) is 0 Å². The predicted molar refractivity (Wildman–Crippen MR) is 197 cm³/mol. The zero-order valence-corrected chi connectivity index (χ0v) is 34.9. The summed E-state index contributed by atoms with van der Waals surface area (Å²) in [6, 6.07) is 27.2. The SMILES string of the molecule is CCCCC1C=C(C(C)(C)C)C=[C]1[Zr+2](=[C](c1cccc(Cl)c1)c1cccc(Cl)c1)[CH]1c2cc(C)c(C)cc2-c2cc(C)c(C)cc21.[Cl-].[Cl-]. The number of aryl methyl sites for hydroxylation is 4. The van der Waals surface area contributed by atoms with Gasteiger partial charge in [-0.25, -0.2) is 0 Å². The molecule has 0 aromatic heterocycles. The van der Waals surface area contributed by atoms with Crippen LogP contribution < -0.4 is 24.8 Å². The predicted octanol–water partition coefficient (Wildman–Crippen LogP) is 6.87. The third-order valence-corrected chi connectivity index (χ3v) is 19.1. The second-order valence-electron chi connectivity index (χ2n) is 14.5. The molecule has 2 aliphatic carbocycles. The standard InChI is InChI=1S/C17H17.C13H8Cl2.C13H21.2ClH.Zr/c1-10-5-14-9-15-6-11(2)13(4)8-17(15)16(14)7-12(10)3;14-12-5-1-3-10(8-12)7-11-4-2-6-13(15)9-11;1-5-6-7-11-8-9-12(10-11)13(2,3)4;;;/h5-9H,1-4H3;1-6,8-9H;9-11H,5-7H2,1-4H3;2*1H;/q;;;;;+2/p-2. The van der Waals surface area contributed by atoms with E-state index in [9.17, 15) is 0 Å². The summed E-state index contributed by atoms with van der Waals surface area (Å²) in [4.78, 5) is 0. The van der Waals surface area contributed by atoms with Crippen molar-refractivity contribution in [1.29, 1.82) is 0 Å². The minimum absolute atomic E-state index is 0. The largest absolute Gasteiger partial charge is 1.00 e. The molecule has 0 spiro atoms. The zero-order valence-electron chi connectivity index (χ0n) is 29.4. The summed E-state index contributed by atoms with van der Waals surface area (Å²) in [5.74, 6) is 0.447.